The van der Waals surface area contributed by atoms with Crippen molar-refractivity contribution in [2.24, 2.45) is 0 Å². The van der Waals surface area contributed by atoms with Gasteiger partial charge in [0.1, 0.15) is 17.3 Å². The van der Waals surface area contributed by atoms with E-state index in [1.807, 2.05) is 20.8 Å². The summed E-state index contributed by atoms with van der Waals surface area (Å²) in [5.74, 6) is -3.15. The number of nitrogens with zero attached hydrogens (tertiary/aromatic N) is 1. The van der Waals surface area contributed by atoms with E-state index in [2.05, 4.69) is 10.2 Å². The standard InChI is InChI=1S/C14H20F2N2O2/c1-4-18(5-2)8-9(3)17-13-11(15)6-10(14(19)20)7-12(13)16/h6-7,9,17H,4-5,8H2,1-3H3,(H,19,20). The summed E-state index contributed by atoms with van der Waals surface area (Å²) in [6.07, 6.45) is 0. The summed E-state index contributed by atoms with van der Waals surface area (Å²) in [5, 5.41) is 11.5. The molecule has 0 radical (unpaired) electrons. The van der Waals surface area contributed by atoms with Crippen LogP contribution in [-0.4, -0.2) is 41.7 Å². The minimum absolute atomic E-state index is 0.158. The number of halogens is 2. The highest BCUT2D eigenvalue weighted by Crippen LogP contribution is 2.21. The Labute approximate surface area is 117 Å². The lowest BCUT2D eigenvalue weighted by molar-refractivity contribution is 0.0696. The van der Waals surface area contributed by atoms with Crippen LogP contribution in [0.1, 0.15) is 31.1 Å². The topological polar surface area (TPSA) is 52.6 Å². The van der Waals surface area contributed by atoms with Crippen LogP contribution in [0.5, 0.6) is 0 Å². The van der Waals surface area contributed by atoms with Crippen molar-refractivity contribution in [2.75, 3.05) is 25.0 Å². The predicted molar refractivity (Wildman–Crippen MR) is 74.2 cm³/mol. The number of aromatic carboxylic acids is 1. The zero-order chi connectivity index (χ0) is 15.3. The lowest BCUT2D eigenvalue weighted by Gasteiger charge is -2.24. The van der Waals surface area contributed by atoms with Crippen molar-refractivity contribution < 1.29 is 18.7 Å². The minimum atomic E-state index is -1.36. The van der Waals surface area contributed by atoms with E-state index in [-0.39, 0.29) is 11.7 Å². The molecule has 1 rings (SSSR count). The Hall–Kier alpha value is -1.69. The van der Waals surface area contributed by atoms with Crippen LogP contribution in [0.15, 0.2) is 12.1 Å². The second kappa shape index (κ2) is 7.19. The maximum Gasteiger partial charge on any atom is 0.335 e. The number of carboxylic acid groups (broad SMARTS) is 1. The number of rotatable bonds is 7. The van der Waals surface area contributed by atoms with Gasteiger partial charge in [-0.2, -0.15) is 0 Å². The first-order valence-corrected chi connectivity index (χ1v) is 6.60. The summed E-state index contributed by atoms with van der Waals surface area (Å²) in [6, 6.07) is 1.48. The first-order chi connectivity index (χ1) is 9.38. The maximum absolute atomic E-state index is 13.8. The fourth-order valence-electron chi connectivity index (χ4n) is 2.00. The van der Waals surface area contributed by atoms with Crippen LogP contribution >= 0.6 is 0 Å². The van der Waals surface area contributed by atoms with Crippen molar-refractivity contribution in [2.45, 2.75) is 26.8 Å². The van der Waals surface area contributed by atoms with E-state index in [0.717, 1.165) is 25.2 Å². The number of hydrogen-bond donors (Lipinski definition) is 2. The average Bonchev–Trinajstić information content (AvgIpc) is 2.39. The Kier molecular flexibility index (Phi) is 5.88. The summed E-state index contributed by atoms with van der Waals surface area (Å²) in [4.78, 5) is 12.8. The van der Waals surface area contributed by atoms with Gasteiger partial charge in [0.2, 0.25) is 0 Å². The van der Waals surface area contributed by atoms with Crippen LogP contribution in [0, 0.1) is 11.6 Å². The van der Waals surface area contributed by atoms with E-state index < -0.39 is 23.2 Å². The lowest BCUT2D eigenvalue weighted by Crippen LogP contribution is -2.35. The number of nitrogens with one attached hydrogen (secondary N) is 1. The Balaban J connectivity index is 2.85. The molecule has 0 aliphatic rings. The zero-order valence-electron chi connectivity index (χ0n) is 11.9. The van der Waals surface area contributed by atoms with Crippen LogP contribution in [0.25, 0.3) is 0 Å². The molecule has 6 heteroatoms. The van der Waals surface area contributed by atoms with Crippen LogP contribution in [0.3, 0.4) is 0 Å². The van der Waals surface area contributed by atoms with Gasteiger partial charge in [0.25, 0.3) is 0 Å². The molecule has 0 saturated heterocycles. The van der Waals surface area contributed by atoms with E-state index in [4.69, 9.17) is 5.11 Å². The molecule has 0 aromatic heterocycles. The summed E-state index contributed by atoms with van der Waals surface area (Å²) in [6.45, 7) is 8.20. The van der Waals surface area contributed by atoms with Crippen molar-refractivity contribution >= 4 is 11.7 Å². The van der Waals surface area contributed by atoms with E-state index in [9.17, 15) is 13.6 Å². The third-order valence-corrected chi connectivity index (χ3v) is 3.11. The zero-order valence-corrected chi connectivity index (χ0v) is 11.9. The molecule has 1 aromatic carbocycles. The van der Waals surface area contributed by atoms with E-state index in [1.165, 1.54) is 0 Å². The Morgan fingerprint density at radius 2 is 1.80 bits per heavy atom. The highest BCUT2D eigenvalue weighted by atomic mass is 19.1. The van der Waals surface area contributed by atoms with Gasteiger partial charge in [-0.3, -0.25) is 0 Å². The summed E-state index contributed by atoms with van der Waals surface area (Å²) in [5.41, 5.74) is -0.684. The minimum Gasteiger partial charge on any atom is -0.478 e. The molecule has 0 aliphatic carbocycles. The van der Waals surface area contributed by atoms with Gasteiger partial charge < -0.3 is 15.3 Å². The van der Waals surface area contributed by atoms with Gasteiger partial charge in [0, 0.05) is 12.6 Å². The van der Waals surface area contributed by atoms with Crippen molar-refractivity contribution in [3.05, 3.63) is 29.3 Å². The van der Waals surface area contributed by atoms with E-state index in [1.54, 1.807) is 0 Å². The molecule has 20 heavy (non-hydrogen) atoms. The predicted octanol–water partition coefficient (Wildman–Crippen LogP) is 2.81. The molecule has 112 valence electrons. The smallest absolute Gasteiger partial charge is 0.335 e. The van der Waals surface area contributed by atoms with Gasteiger partial charge >= 0.3 is 5.97 Å². The molecule has 0 spiro atoms. The average molecular weight is 286 g/mol. The molecule has 0 aliphatic heterocycles. The second-order valence-electron chi connectivity index (χ2n) is 4.65. The van der Waals surface area contributed by atoms with Crippen LogP contribution in [0.4, 0.5) is 14.5 Å². The molecule has 4 nitrogen and oxygen atoms in total. The third kappa shape index (κ3) is 4.16. The molecule has 0 amide bonds. The largest absolute Gasteiger partial charge is 0.478 e. The molecular weight excluding hydrogens is 266 g/mol. The maximum atomic E-state index is 13.8. The molecule has 1 aromatic rings. The fourth-order valence-corrected chi connectivity index (χ4v) is 2.00. The van der Waals surface area contributed by atoms with Crippen molar-refractivity contribution in [1.29, 1.82) is 0 Å². The van der Waals surface area contributed by atoms with Gasteiger partial charge in [-0.25, -0.2) is 13.6 Å². The highest BCUT2D eigenvalue weighted by molar-refractivity contribution is 5.88. The first-order valence-electron chi connectivity index (χ1n) is 6.60. The Morgan fingerprint density at radius 3 is 2.20 bits per heavy atom. The van der Waals surface area contributed by atoms with Crippen LogP contribution < -0.4 is 5.32 Å². The van der Waals surface area contributed by atoms with Crippen molar-refractivity contribution in [3.8, 4) is 0 Å². The first kappa shape index (κ1) is 16.4. The summed E-state index contributed by atoms with van der Waals surface area (Å²) >= 11 is 0. The Morgan fingerprint density at radius 1 is 1.30 bits per heavy atom. The number of anilines is 1. The van der Waals surface area contributed by atoms with Gasteiger partial charge in [-0.15, -0.1) is 0 Å². The van der Waals surface area contributed by atoms with E-state index >= 15 is 0 Å². The highest BCUT2D eigenvalue weighted by Gasteiger charge is 2.17. The summed E-state index contributed by atoms with van der Waals surface area (Å²) < 4.78 is 27.5. The molecular formula is C14H20F2N2O2. The molecule has 2 N–H and O–H groups in total. The Bertz CT molecular complexity index is 453. The lowest BCUT2D eigenvalue weighted by atomic mass is 10.1. The van der Waals surface area contributed by atoms with Gasteiger partial charge in [-0.05, 0) is 32.1 Å². The van der Waals surface area contributed by atoms with E-state index in [0.29, 0.717) is 6.54 Å². The van der Waals surface area contributed by atoms with Crippen molar-refractivity contribution in [3.63, 3.8) is 0 Å². The van der Waals surface area contributed by atoms with Gasteiger partial charge in [0.05, 0.1) is 5.56 Å². The number of carbonyl (C=O) groups is 1. The summed E-state index contributed by atoms with van der Waals surface area (Å²) in [7, 11) is 0. The molecule has 1 unspecified atom stereocenters. The molecule has 0 bridgehead atoms. The van der Waals surface area contributed by atoms with Gasteiger partial charge in [0.15, 0.2) is 0 Å². The quantitative estimate of drug-likeness (QED) is 0.809. The molecule has 0 fully saturated rings. The molecule has 1 atom stereocenters. The monoisotopic (exact) mass is 286 g/mol. The van der Waals surface area contributed by atoms with Crippen LogP contribution in [-0.2, 0) is 0 Å². The van der Waals surface area contributed by atoms with Gasteiger partial charge in [-0.1, -0.05) is 13.8 Å². The third-order valence-electron chi connectivity index (χ3n) is 3.11. The number of benzene rings is 1. The molecule has 0 heterocycles. The molecule has 0 saturated carbocycles. The number of carboxylic acids is 1. The fraction of sp³-hybridized carbons (Fsp3) is 0.500. The van der Waals surface area contributed by atoms with Crippen molar-refractivity contribution in [1.82, 2.24) is 4.90 Å². The second-order valence-corrected chi connectivity index (χ2v) is 4.65. The SMILES string of the molecule is CCN(CC)CC(C)Nc1c(F)cc(C(=O)O)cc1F. The van der Waals surface area contributed by atoms with Crippen LogP contribution in [0.2, 0.25) is 0 Å². The normalized spacial score (nSPS) is 12.5. The number of hydrogen-bond acceptors (Lipinski definition) is 3. The number of likely N-dealkylation sites (N-methyl/N-ethyl adjacent to an activating group) is 1.